The fourth-order valence-corrected chi connectivity index (χ4v) is 0. The molecule has 0 aromatic carbocycles. The Kier molecular flexibility index (Phi) is 45.4. The first kappa shape index (κ1) is 9.48. The van der Waals surface area contributed by atoms with Crippen LogP contribution in [-0.4, -0.2) is 0 Å². The van der Waals surface area contributed by atoms with Crippen molar-refractivity contribution in [2.75, 3.05) is 0 Å². The van der Waals surface area contributed by atoms with E-state index in [1.54, 1.807) is 0 Å². The van der Waals surface area contributed by atoms with Gasteiger partial charge in [0.2, 0.25) is 0 Å². The van der Waals surface area contributed by atoms with Crippen LogP contribution in [0.15, 0.2) is 0 Å². The topological polar surface area (TPSA) is 34.1 Å². The molecule has 18 valence electrons. The second kappa shape index (κ2) is 19.1. The maximum absolute atomic E-state index is 8.42. The Hall–Kier alpha value is 2.16. The van der Waals surface area contributed by atoms with Gasteiger partial charge < -0.3 is 0 Å². The third-order valence-electron chi connectivity index (χ3n) is 0. The molecule has 0 aromatic rings. The van der Waals surface area contributed by atoms with E-state index in [9.17, 15) is 0 Å². The van der Waals surface area contributed by atoms with Gasteiger partial charge in [0, 0.05) is 0 Å². The van der Waals surface area contributed by atoms with Crippen LogP contribution in [0.5, 0.6) is 0 Å². The van der Waals surface area contributed by atoms with Crippen molar-refractivity contribution in [3.8, 4) is 0 Å². The van der Waals surface area contributed by atoms with Crippen molar-refractivity contribution in [1.29, 1.82) is 0 Å². The summed E-state index contributed by atoms with van der Waals surface area (Å²) in [5, 5.41) is 0. The molecule has 4 heavy (non-hydrogen) atoms. The number of hydrogen-bond donors (Lipinski definition) is 0. The van der Waals surface area contributed by atoms with Gasteiger partial charge in [-0.1, -0.05) is 0 Å². The normalized spacial score (nSPS) is 3.00. The number of hydrogen-bond acceptors (Lipinski definition) is 2. The van der Waals surface area contributed by atoms with Gasteiger partial charge in [-0.2, -0.15) is 0 Å². The third-order valence-corrected chi connectivity index (χ3v) is 0. The molecule has 0 fully saturated rings. The zero-order valence-corrected chi connectivity index (χ0v) is 9.30. The summed E-state index contributed by atoms with van der Waals surface area (Å²) in [6, 6.07) is 0. The molecule has 0 aromatic heterocycles. The van der Waals surface area contributed by atoms with Gasteiger partial charge in [0.25, 0.3) is 0 Å². The first-order valence-electron chi connectivity index (χ1n) is 0.471. The van der Waals surface area contributed by atoms with Crippen molar-refractivity contribution in [3.05, 3.63) is 0 Å². The fraction of sp³-hybridized carbons (Fsp3) is 0. The minimum atomic E-state index is -0.0833. The zero-order chi connectivity index (χ0) is 4.00. The standard InChI is InChI=1S/La.2O.Pr. The SMILES string of the molecule is [O]=[La].[O]=[Pr]. The number of rotatable bonds is 0. The summed E-state index contributed by atoms with van der Waals surface area (Å²) in [5.41, 5.74) is 0. The molecular formula is LaO2Pr. The second-order valence-corrected chi connectivity index (χ2v) is 0. The molecule has 0 heterocycles. The van der Waals surface area contributed by atoms with Crippen molar-refractivity contribution >= 4 is 0 Å². The van der Waals surface area contributed by atoms with E-state index in [0.717, 1.165) is 0 Å². The Bertz CT molecular complexity index is 8.00. The molecule has 2 nitrogen and oxygen atoms in total. The van der Waals surface area contributed by atoms with Crippen molar-refractivity contribution < 1.29 is 75.8 Å². The first-order chi connectivity index (χ1) is 2.00. The Labute approximate surface area is 73.9 Å². The monoisotopic (exact) mass is 312 g/mol. The summed E-state index contributed by atoms with van der Waals surface area (Å²) in [7, 11) is 0. The van der Waals surface area contributed by atoms with Crippen LogP contribution in [0.2, 0.25) is 0 Å². The molecule has 0 atom stereocenters. The predicted octanol–water partition coefficient (Wildman–Crippen LogP) is -0.238. The average molecular weight is 312 g/mol. The van der Waals surface area contributed by atoms with Crippen LogP contribution in [-0.2, 0) is 2.69 Å². The van der Waals surface area contributed by atoms with Crippen LogP contribution in [0.1, 0.15) is 0 Å². The Morgan fingerprint density at radius 3 is 1.25 bits per heavy atom. The van der Waals surface area contributed by atoms with Crippen LogP contribution >= 0.6 is 0 Å². The zero-order valence-electron chi connectivity index (χ0n) is 1.97. The summed E-state index contributed by atoms with van der Waals surface area (Å²) in [4.78, 5) is 0. The van der Waals surface area contributed by atoms with Gasteiger partial charge in [-0.3, -0.25) is 0 Å². The fourth-order valence-electron chi connectivity index (χ4n) is 0. The van der Waals surface area contributed by atoms with E-state index in [4.69, 9.17) is 2.69 Å². The molecule has 0 unspecified atom stereocenters. The molecule has 0 amide bonds. The summed E-state index contributed by atoms with van der Waals surface area (Å²) in [5.74, 6) is 0. The van der Waals surface area contributed by atoms with Crippen molar-refractivity contribution in [1.82, 2.24) is 0 Å². The van der Waals surface area contributed by atoms with Crippen molar-refractivity contribution in [3.63, 3.8) is 0 Å². The van der Waals surface area contributed by atoms with E-state index < -0.39 is 0 Å². The molecule has 0 aliphatic rings. The van der Waals surface area contributed by atoms with E-state index in [0.29, 0.717) is 0 Å². The molecule has 0 saturated heterocycles. The van der Waals surface area contributed by atoms with Gasteiger partial charge >= 0.3 is 75.8 Å². The predicted molar refractivity (Wildman–Crippen MR) is 1.37 cm³/mol. The molecule has 0 aliphatic heterocycles. The molecule has 0 rings (SSSR count). The van der Waals surface area contributed by atoms with Gasteiger partial charge in [0.05, 0.1) is 0 Å². The molecule has 4 heteroatoms. The first-order valence-corrected chi connectivity index (χ1v) is 3.46. The Morgan fingerprint density at radius 2 is 1.25 bits per heavy atom. The molecule has 0 spiro atoms. The quantitative estimate of drug-likeness (QED) is 0.619. The van der Waals surface area contributed by atoms with Crippen LogP contribution in [0.3, 0.4) is 0 Å². The Morgan fingerprint density at radius 1 is 1.25 bits per heavy atom. The summed E-state index contributed by atoms with van der Waals surface area (Å²) in [6.45, 7) is 0. The van der Waals surface area contributed by atoms with Crippen LogP contribution in [0.25, 0.3) is 0 Å². The van der Waals surface area contributed by atoms with Crippen LogP contribution < -0.4 is 0 Å². The van der Waals surface area contributed by atoms with Gasteiger partial charge in [0.15, 0.2) is 0 Å². The van der Waals surface area contributed by atoms with E-state index >= 15 is 0 Å². The van der Waals surface area contributed by atoms with Crippen LogP contribution in [0.4, 0.5) is 0 Å². The minimum absolute atomic E-state index is 0.0833. The van der Waals surface area contributed by atoms with E-state index in [1.807, 2.05) is 0 Å². The average Bonchev–Trinajstić information content (AvgIpc) is 1.50. The molecule has 0 N–H and O–H groups in total. The van der Waals surface area contributed by atoms with Crippen molar-refractivity contribution in [2.45, 2.75) is 0 Å². The van der Waals surface area contributed by atoms with Gasteiger partial charge in [-0.15, -0.1) is 0 Å². The summed E-state index contributed by atoms with van der Waals surface area (Å²) in [6.07, 6.45) is 0. The van der Waals surface area contributed by atoms with Gasteiger partial charge in [-0.05, 0) is 0 Å². The van der Waals surface area contributed by atoms with Crippen molar-refractivity contribution in [2.24, 2.45) is 0 Å². The molecular weight excluding hydrogens is 312 g/mol. The molecule has 0 saturated carbocycles. The van der Waals surface area contributed by atoms with Gasteiger partial charge in [-0.25, -0.2) is 0 Å². The van der Waals surface area contributed by atoms with E-state index in [2.05, 4.69) is 0 Å². The second-order valence-electron chi connectivity index (χ2n) is 0. The van der Waals surface area contributed by atoms with E-state index in [-0.39, 0.29) is 73.1 Å². The molecule has 0 aliphatic carbocycles. The summed E-state index contributed by atoms with van der Waals surface area (Å²) >= 11 is -0.167. The summed E-state index contributed by atoms with van der Waals surface area (Å²) < 4.78 is 16.8. The van der Waals surface area contributed by atoms with Gasteiger partial charge in [0.1, 0.15) is 0 Å². The maximum atomic E-state index is 8.42. The third kappa shape index (κ3) is 8.90. The molecule has 0 bridgehead atoms. The Balaban J connectivity index is 0. The van der Waals surface area contributed by atoms with Crippen LogP contribution in [0, 0.1) is 73.1 Å². The van der Waals surface area contributed by atoms with E-state index in [1.165, 1.54) is 0 Å². The molecule has 0 radical (unpaired) electrons.